The van der Waals surface area contributed by atoms with E-state index >= 15 is 0 Å². The van der Waals surface area contributed by atoms with Crippen molar-refractivity contribution in [2.75, 3.05) is 19.7 Å². The molecule has 110 valence electrons. The SMILES string of the molecule is CCOC(=O)C1CCN(Cc2nc(C3CC3)no2)CC1. The summed E-state index contributed by atoms with van der Waals surface area (Å²) in [5.74, 6) is 2.09. The van der Waals surface area contributed by atoms with E-state index in [2.05, 4.69) is 15.0 Å². The van der Waals surface area contributed by atoms with Gasteiger partial charge in [-0.05, 0) is 45.7 Å². The molecule has 2 heterocycles. The summed E-state index contributed by atoms with van der Waals surface area (Å²) >= 11 is 0. The van der Waals surface area contributed by atoms with Gasteiger partial charge in [0.05, 0.1) is 19.1 Å². The lowest BCUT2D eigenvalue weighted by Gasteiger charge is -2.29. The van der Waals surface area contributed by atoms with Gasteiger partial charge >= 0.3 is 5.97 Å². The van der Waals surface area contributed by atoms with Crippen LogP contribution in [-0.2, 0) is 16.1 Å². The first-order valence-electron chi connectivity index (χ1n) is 7.47. The van der Waals surface area contributed by atoms with Gasteiger partial charge in [0.2, 0.25) is 5.89 Å². The Labute approximate surface area is 118 Å². The van der Waals surface area contributed by atoms with Crippen molar-refractivity contribution in [1.82, 2.24) is 15.0 Å². The highest BCUT2D eigenvalue weighted by atomic mass is 16.5. The van der Waals surface area contributed by atoms with Gasteiger partial charge in [-0.2, -0.15) is 4.98 Å². The standard InChI is InChI=1S/C14H21N3O3/c1-2-19-14(18)11-5-7-17(8-6-11)9-12-15-13(16-20-12)10-3-4-10/h10-11H,2-9H2,1H3. The Hall–Kier alpha value is -1.43. The number of piperidine rings is 1. The minimum Gasteiger partial charge on any atom is -0.466 e. The zero-order valence-corrected chi connectivity index (χ0v) is 11.9. The van der Waals surface area contributed by atoms with Gasteiger partial charge in [0, 0.05) is 5.92 Å². The Balaban J connectivity index is 1.46. The predicted octanol–water partition coefficient (Wildman–Crippen LogP) is 1.72. The Morgan fingerprint density at radius 3 is 2.75 bits per heavy atom. The van der Waals surface area contributed by atoms with E-state index in [0.717, 1.165) is 31.8 Å². The van der Waals surface area contributed by atoms with Crippen molar-refractivity contribution in [3.05, 3.63) is 11.7 Å². The Morgan fingerprint density at radius 2 is 2.10 bits per heavy atom. The van der Waals surface area contributed by atoms with Gasteiger partial charge in [-0.1, -0.05) is 5.16 Å². The third-order valence-electron chi connectivity index (χ3n) is 3.99. The molecule has 1 saturated carbocycles. The molecule has 20 heavy (non-hydrogen) atoms. The first kappa shape index (κ1) is 13.5. The Kier molecular flexibility index (Phi) is 4.00. The first-order valence-corrected chi connectivity index (χ1v) is 7.47. The molecule has 3 rings (SSSR count). The van der Waals surface area contributed by atoms with Gasteiger partial charge in [0.1, 0.15) is 0 Å². The first-order chi connectivity index (χ1) is 9.76. The number of carbonyl (C=O) groups is 1. The maximum Gasteiger partial charge on any atom is 0.309 e. The van der Waals surface area contributed by atoms with Gasteiger partial charge in [0.25, 0.3) is 0 Å². The van der Waals surface area contributed by atoms with E-state index in [1.165, 1.54) is 12.8 Å². The molecule has 6 nitrogen and oxygen atoms in total. The molecule has 0 spiro atoms. The molecule has 1 aliphatic carbocycles. The second-order valence-electron chi connectivity index (χ2n) is 5.62. The van der Waals surface area contributed by atoms with Crippen molar-refractivity contribution < 1.29 is 14.1 Å². The number of likely N-dealkylation sites (tertiary alicyclic amines) is 1. The molecule has 2 fully saturated rings. The lowest BCUT2D eigenvalue weighted by Crippen LogP contribution is -2.36. The van der Waals surface area contributed by atoms with Crippen molar-refractivity contribution in [2.45, 2.75) is 45.1 Å². The average molecular weight is 279 g/mol. The number of esters is 1. The molecular formula is C14H21N3O3. The molecular weight excluding hydrogens is 258 g/mol. The van der Waals surface area contributed by atoms with Crippen LogP contribution in [0.3, 0.4) is 0 Å². The third-order valence-corrected chi connectivity index (χ3v) is 3.99. The van der Waals surface area contributed by atoms with Crippen LogP contribution in [0.1, 0.15) is 50.2 Å². The molecule has 0 unspecified atom stereocenters. The van der Waals surface area contributed by atoms with Crippen molar-refractivity contribution in [1.29, 1.82) is 0 Å². The van der Waals surface area contributed by atoms with Crippen molar-refractivity contribution >= 4 is 5.97 Å². The molecule has 0 radical (unpaired) electrons. The molecule has 1 aromatic rings. The zero-order chi connectivity index (χ0) is 13.9. The van der Waals surface area contributed by atoms with Crippen LogP contribution in [0.15, 0.2) is 4.52 Å². The number of rotatable bonds is 5. The summed E-state index contributed by atoms with van der Waals surface area (Å²) in [6.07, 6.45) is 4.07. The fourth-order valence-corrected chi connectivity index (χ4v) is 2.62. The van der Waals surface area contributed by atoms with Gasteiger partial charge in [-0.25, -0.2) is 0 Å². The fraction of sp³-hybridized carbons (Fsp3) is 0.786. The van der Waals surface area contributed by atoms with E-state index in [0.29, 0.717) is 25.0 Å². The molecule has 1 aliphatic heterocycles. The van der Waals surface area contributed by atoms with E-state index in [1.54, 1.807) is 0 Å². The van der Waals surface area contributed by atoms with Gasteiger partial charge < -0.3 is 9.26 Å². The van der Waals surface area contributed by atoms with E-state index in [9.17, 15) is 4.79 Å². The highest BCUT2D eigenvalue weighted by Gasteiger charge is 2.30. The van der Waals surface area contributed by atoms with Crippen molar-refractivity contribution in [3.63, 3.8) is 0 Å². The predicted molar refractivity (Wildman–Crippen MR) is 70.9 cm³/mol. The summed E-state index contributed by atoms with van der Waals surface area (Å²) in [5.41, 5.74) is 0. The van der Waals surface area contributed by atoms with Gasteiger partial charge in [-0.15, -0.1) is 0 Å². The molecule has 2 aliphatic rings. The topological polar surface area (TPSA) is 68.5 Å². The number of nitrogens with zero attached hydrogens (tertiary/aromatic N) is 3. The minimum absolute atomic E-state index is 0.0518. The van der Waals surface area contributed by atoms with Crippen LogP contribution in [0.25, 0.3) is 0 Å². The molecule has 1 saturated heterocycles. The second-order valence-corrected chi connectivity index (χ2v) is 5.62. The molecule has 0 bridgehead atoms. The monoisotopic (exact) mass is 279 g/mol. The Bertz CT molecular complexity index is 462. The molecule has 1 aromatic heterocycles. The van der Waals surface area contributed by atoms with E-state index < -0.39 is 0 Å². The number of hydrogen-bond donors (Lipinski definition) is 0. The van der Waals surface area contributed by atoms with Crippen LogP contribution in [0, 0.1) is 5.92 Å². The summed E-state index contributed by atoms with van der Waals surface area (Å²) < 4.78 is 10.4. The maximum atomic E-state index is 11.7. The largest absolute Gasteiger partial charge is 0.466 e. The molecule has 6 heteroatoms. The van der Waals surface area contributed by atoms with Crippen LogP contribution >= 0.6 is 0 Å². The summed E-state index contributed by atoms with van der Waals surface area (Å²) in [4.78, 5) is 18.4. The lowest BCUT2D eigenvalue weighted by atomic mass is 9.97. The quantitative estimate of drug-likeness (QED) is 0.764. The van der Waals surface area contributed by atoms with Gasteiger partial charge in [-0.3, -0.25) is 9.69 Å². The highest BCUT2D eigenvalue weighted by Crippen LogP contribution is 2.38. The van der Waals surface area contributed by atoms with E-state index in [4.69, 9.17) is 9.26 Å². The van der Waals surface area contributed by atoms with E-state index in [1.807, 2.05) is 6.92 Å². The fourth-order valence-electron chi connectivity index (χ4n) is 2.62. The van der Waals surface area contributed by atoms with Crippen molar-refractivity contribution in [3.8, 4) is 0 Å². The molecule has 0 N–H and O–H groups in total. The number of carbonyl (C=O) groups excluding carboxylic acids is 1. The molecule has 0 aromatic carbocycles. The summed E-state index contributed by atoms with van der Waals surface area (Å²) in [7, 11) is 0. The third kappa shape index (κ3) is 3.17. The van der Waals surface area contributed by atoms with Crippen molar-refractivity contribution in [2.24, 2.45) is 5.92 Å². The maximum absolute atomic E-state index is 11.7. The highest BCUT2D eigenvalue weighted by molar-refractivity contribution is 5.72. The lowest BCUT2D eigenvalue weighted by molar-refractivity contribution is -0.149. The van der Waals surface area contributed by atoms with Crippen LogP contribution in [0.5, 0.6) is 0 Å². The van der Waals surface area contributed by atoms with Crippen LogP contribution in [-0.4, -0.2) is 40.7 Å². The number of ether oxygens (including phenoxy) is 1. The Morgan fingerprint density at radius 1 is 1.35 bits per heavy atom. The van der Waals surface area contributed by atoms with E-state index in [-0.39, 0.29) is 11.9 Å². The smallest absolute Gasteiger partial charge is 0.309 e. The normalized spacial score (nSPS) is 21.1. The molecule has 0 amide bonds. The molecule has 0 atom stereocenters. The second kappa shape index (κ2) is 5.91. The zero-order valence-electron chi connectivity index (χ0n) is 11.9. The van der Waals surface area contributed by atoms with Gasteiger partial charge in [0.15, 0.2) is 5.82 Å². The summed E-state index contributed by atoms with van der Waals surface area (Å²) in [6, 6.07) is 0. The minimum atomic E-state index is -0.0547. The van der Waals surface area contributed by atoms with Crippen LogP contribution < -0.4 is 0 Å². The number of aromatic nitrogens is 2. The van der Waals surface area contributed by atoms with Crippen LogP contribution in [0.4, 0.5) is 0 Å². The average Bonchev–Trinajstić information content (AvgIpc) is 3.21. The summed E-state index contributed by atoms with van der Waals surface area (Å²) in [6.45, 7) is 4.76. The van der Waals surface area contributed by atoms with Crippen LogP contribution in [0.2, 0.25) is 0 Å². The summed E-state index contributed by atoms with van der Waals surface area (Å²) in [5, 5.41) is 4.02. The number of hydrogen-bond acceptors (Lipinski definition) is 6.